The lowest BCUT2D eigenvalue weighted by Crippen LogP contribution is -2.21. The van der Waals surface area contributed by atoms with Crippen LogP contribution in [0.4, 0.5) is 0 Å². The highest BCUT2D eigenvalue weighted by Gasteiger charge is 2.24. The van der Waals surface area contributed by atoms with Crippen molar-refractivity contribution < 1.29 is 4.79 Å². The zero-order valence-electron chi connectivity index (χ0n) is 8.52. The van der Waals surface area contributed by atoms with Crippen LogP contribution in [0, 0.1) is 11.3 Å². The minimum atomic E-state index is 0.320. The molecular formula is C11H20O. The molecule has 1 heteroatoms. The monoisotopic (exact) mass is 168 g/mol. The summed E-state index contributed by atoms with van der Waals surface area (Å²) in [4.78, 5) is 11.5. The highest BCUT2D eigenvalue weighted by Crippen LogP contribution is 2.33. The van der Waals surface area contributed by atoms with Gasteiger partial charge in [0, 0.05) is 12.3 Å². The number of Topliss-reactive ketones (excluding diaryl/α,β-unsaturated/α-hetero) is 1. The van der Waals surface area contributed by atoms with Gasteiger partial charge in [0.05, 0.1) is 0 Å². The molecule has 12 heavy (non-hydrogen) atoms. The maximum absolute atomic E-state index is 11.5. The molecule has 1 rings (SSSR count). The molecule has 1 aliphatic carbocycles. The predicted molar refractivity (Wildman–Crippen MR) is 51.0 cm³/mol. The molecule has 0 N–H and O–H groups in total. The van der Waals surface area contributed by atoms with Crippen LogP contribution in [0.15, 0.2) is 0 Å². The molecule has 0 aromatic heterocycles. The second-order valence-electron chi connectivity index (χ2n) is 4.92. The van der Waals surface area contributed by atoms with Gasteiger partial charge in [-0.3, -0.25) is 4.79 Å². The molecule has 0 amide bonds. The lowest BCUT2D eigenvalue weighted by molar-refractivity contribution is -0.123. The summed E-state index contributed by atoms with van der Waals surface area (Å²) in [6.07, 6.45) is 5.48. The van der Waals surface area contributed by atoms with Crippen LogP contribution in [0.5, 0.6) is 0 Å². The summed E-state index contributed by atoms with van der Waals surface area (Å²) in [5, 5.41) is 0. The van der Waals surface area contributed by atoms with Gasteiger partial charge < -0.3 is 0 Å². The molecule has 1 saturated carbocycles. The number of hydrogen-bond donors (Lipinski definition) is 0. The summed E-state index contributed by atoms with van der Waals surface area (Å²) >= 11 is 0. The Morgan fingerprint density at radius 2 is 2.00 bits per heavy atom. The van der Waals surface area contributed by atoms with Crippen molar-refractivity contribution in [1.82, 2.24) is 0 Å². The molecule has 0 aromatic carbocycles. The Morgan fingerprint density at radius 1 is 1.33 bits per heavy atom. The van der Waals surface area contributed by atoms with Gasteiger partial charge in [-0.05, 0) is 24.7 Å². The SMILES string of the molecule is C[C@@H]1CCCC(C)(C)CCC1=O. The van der Waals surface area contributed by atoms with Crippen LogP contribution in [0.2, 0.25) is 0 Å². The number of rotatable bonds is 0. The molecule has 70 valence electrons. The molecule has 0 heterocycles. The lowest BCUT2D eigenvalue weighted by Gasteiger charge is -2.28. The molecule has 1 nitrogen and oxygen atoms in total. The van der Waals surface area contributed by atoms with Crippen molar-refractivity contribution in [1.29, 1.82) is 0 Å². The zero-order chi connectivity index (χ0) is 9.19. The van der Waals surface area contributed by atoms with E-state index in [-0.39, 0.29) is 0 Å². The second kappa shape index (κ2) is 3.59. The molecule has 0 aliphatic heterocycles. The fourth-order valence-corrected chi connectivity index (χ4v) is 1.88. The maximum atomic E-state index is 11.5. The van der Waals surface area contributed by atoms with Gasteiger partial charge in [-0.25, -0.2) is 0 Å². The molecule has 1 atom stereocenters. The van der Waals surface area contributed by atoms with Gasteiger partial charge in [0.25, 0.3) is 0 Å². The van der Waals surface area contributed by atoms with E-state index in [4.69, 9.17) is 0 Å². The van der Waals surface area contributed by atoms with Crippen LogP contribution in [0.3, 0.4) is 0 Å². The third-order valence-electron chi connectivity index (χ3n) is 3.09. The van der Waals surface area contributed by atoms with Crippen LogP contribution in [0.25, 0.3) is 0 Å². The zero-order valence-corrected chi connectivity index (χ0v) is 8.52. The van der Waals surface area contributed by atoms with Gasteiger partial charge in [-0.2, -0.15) is 0 Å². The molecule has 0 radical (unpaired) electrons. The van der Waals surface area contributed by atoms with E-state index in [9.17, 15) is 4.79 Å². The highest BCUT2D eigenvalue weighted by molar-refractivity contribution is 5.80. The first-order valence-electron chi connectivity index (χ1n) is 5.04. The molecule has 0 aromatic rings. The van der Waals surface area contributed by atoms with E-state index in [1.807, 2.05) is 0 Å². The van der Waals surface area contributed by atoms with Gasteiger partial charge in [0.1, 0.15) is 5.78 Å². The van der Waals surface area contributed by atoms with Gasteiger partial charge in [0.2, 0.25) is 0 Å². The molecular weight excluding hydrogens is 148 g/mol. The van der Waals surface area contributed by atoms with E-state index in [1.54, 1.807) is 0 Å². The molecule has 0 bridgehead atoms. The average Bonchev–Trinajstić information content (AvgIpc) is 1.98. The molecule has 0 spiro atoms. The Bertz CT molecular complexity index is 170. The molecule has 0 unspecified atom stereocenters. The first kappa shape index (κ1) is 9.76. The van der Waals surface area contributed by atoms with Gasteiger partial charge in [-0.1, -0.05) is 27.2 Å². The largest absolute Gasteiger partial charge is 0.299 e. The Morgan fingerprint density at radius 3 is 2.67 bits per heavy atom. The van der Waals surface area contributed by atoms with Crippen molar-refractivity contribution in [3.8, 4) is 0 Å². The number of carbonyl (C=O) groups is 1. The Labute approximate surface area is 75.5 Å². The first-order chi connectivity index (χ1) is 5.51. The van der Waals surface area contributed by atoms with Crippen LogP contribution < -0.4 is 0 Å². The van der Waals surface area contributed by atoms with E-state index in [2.05, 4.69) is 20.8 Å². The van der Waals surface area contributed by atoms with Crippen molar-refractivity contribution >= 4 is 5.78 Å². The summed E-state index contributed by atoms with van der Waals surface area (Å²) < 4.78 is 0. The van der Waals surface area contributed by atoms with E-state index in [1.165, 1.54) is 12.8 Å². The third-order valence-corrected chi connectivity index (χ3v) is 3.09. The topological polar surface area (TPSA) is 17.1 Å². The molecule has 0 saturated heterocycles. The highest BCUT2D eigenvalue weighted by atomic mass is 16.1. The summed E-state index contributed by atoms with van der Waals surface area (Å²) in [6.45, 7) is 6.62. The minimum absolute atomic E-state index is 0.320. The fraction of sp³-hybridized carbons (Fsp3) is 0.909. The molecule has 1 aliphatic rings. The minimum Gasteiger partial charge on any atom is -0.299 e. The maximum Gasteiger partial charge on any atom is 0.135 e. The normalized spacial score (nSPS) is 30.9. The summed E-state index contributed by atoms with van der Waals surface area (Å²) in [7, 11) is 0. The van der Waals surface area contributed by atoms with E-state index in [0.717, 1.165) is 19.3 Å². The number of carbonyl (C=O) groups excluding carboxylic acids is 1. The van der Waals surface area contributed by atoms with Gasteiger partial charge >= 0.3 is 0 Å². The lowest BCUT2D eigenvalue weighted by atomic mass is 9.77. The predicted octanol–water partition coefficient (Wildman–Crippen LogP) is 3.18. The van der Waals surface area contributed by atoms with Crippen molar-refractivity contribution in [3.05, 3.63) is 0 Å². The number of ketones is 1. The van der Waals surface area contributed by atoms with E-state index < -0.39 is 0 Å². The van der Waals surface area contributed by atoms with Crippen LogP contribution >= 0.6 is 0 Å². The van der Waals surface area contributed by atoms with Crippen LogP contribution in [-0.4, -0.2) is 5.78 Å². The van der Waals surface area contributed by atoms with E-state index in [0.29, 0.717) is 17.1 Å². The van der Waals surface area contributed by atoms with Gasteiger partial charge in [0.15, 0.2) is 0 Å². The number of hydrogen-bond acceptors (Lipinski definition) is 1. The van der Waals surface area contributed by atoms with Crippen LogP contribution in [-0.2, 0) is 4.79 Å². The summed E-state index contributed by atoms with van der Waals surface area (Å²) in [5.74, 6) is 0.795. The standard InChI is InChI=1S/C11H20O/c1-9-5-4-7-11(2,3)8-6-10(9)12/h9H,4-8H2,1-3H3/t9-/m1/s1. The Kier molecular flexibility index (Phi) is 2.92. The van der Waals surface area contributed by atoms with E-state index >= 15 is 0 Å². The summed E-state index contributed by atoms with van der Waals surface area (Å²) in [6, 6.07) is 0. The average molecular weight is 168 g/mol. The Hall–Kier alpha value is -0.330. The van der Waals surface area contributed by atoms with Crippen molar-refractivity contribution in [2.75, 3.05) is 0 Å². The Balaban J connectivity index is 2.52. The smallest absolute Gasteiger partial charge is 0.135 e. The quantitative estimate of drug-likeness (QED) is 0.543. The fourth-order valence-electron chi connectivity index (χ4n) is 1.88. The van der Waals surface area contributed by atoms with Crippen molar-refractivity contribution in [2.45, 2.75) is 52.9 Å². The molecule has 1 fully saturated rings. The van der Waals surface area contributed by atoms with Crippen molar-refractivity contribution in [2.24, 2.45) is 11.3 Å². The third kappa shape index (κ3) is 2.62. The van der Waals surface area contributed by atoms with Crippen molar-refractivity contribution in [3.63, 3.8) is 0 Å². The van der Waals surface area contributed by atoms with Gasteiger partial charge in [-0.15, -0.1) is 0 Å². The van der Waals surface area contributed by atoms with Crippen LogP contribution in [0.1, 0.15) is 52.9 Å². The first-order valence-corrected chi connectivity index (χ1v) is 5.04. The second-order valence-corrected chi connectivity index (χ2v) is 4.92. The summed E-state index contributed by atoms with van der Waals surface area (Å²) in [5.41, 5.74) is 0.399.